The number of hydrogen-bond donors (Lipinski definition) is 2. The van der Waals surface area contributed by atoms with Crippen LogP contribution in [0.5, 0.6) is 0 Å². The molecule has 3 N–H and O–H groups in total. The number of rotatable bonds is 6. The third kappa shape index (κ3) is 5.26. The summed E-state index contributed by atoms with van der Waals surface area (Å²) in [5, 5.41) is 9.04. The third-order valence-electron chi connectivity index (χ3n) is 4.69. The van der Waals surface area contributed by atoms with Gasteiger partial charge in [-0.3, -0.25) is 14.2 Å². The molecule has 0 unspecified atom stereocenters. The van der Waals surface area contributed by atoms with Crippen LogP contribution in [0.25, 0.3) is 16.6 Å². The van der Waals surface area contributed by atoms with Crippen LogP contribution in [0.15, 0.2) is 81.6 Å². The van der Waals surface area contributed by atoms with Gasteiger partial charge < -0.3 is 5.32 Å². The van der Waals surface area contributed by atoms with Gasteiger partial charge in [0.2, 0.25) is 15.9 Å². The lowest BCUT2D eigenvalue weighted by Crippen LogP contribution is -2.23. The molecule has 1 aromatic heterocycles. The highest BCUT2D eigenvalue weighted by atomic mass is 35.5. The van der Waals surface area contributed by atoms with Crippen LogP contribution in [-0.4, -0.2) is 29.6 Å². The Hall–Kier alpha value is -2.89. The molecule has 0 aliphatic heterocycles. The highest BCUT2D eigenvalue weighted by molar-refractivity contribution is 7.99. The average Bonchev–Trinajstić information content (AvgIpc) is 2.79. The molecule has 8 nitrogen and oxygen atoms in total. The molecular weight excluding hydrogens is 519 g/mol. The first-order valence-electron chi connectivity index (χ1n) is 9.66. The van der Waals surface area contributed by atoms with Crippen molar-refractivity contribution in [3.05, 3.63) is 87.1 Å². The number of carbonyl (C=O) groups excluding carboxylic acids is 1. The van der Waals surface area contributed by atoms with E-state index in [-0.39, 0.29) is 32.1 Å². The summed E-state index contributed by atoms with van der Waals surface area (Å²) in [6.45, 7) is 0. The molecule has 3 aromatic carbocycles. The zero-order chi connectivity index (χ0) is 24.5. The second kappa shape index (κ2) is 9.77. The quantitative estimate of drug-likeness (QED) is 0.283. The van der Waals surface area contributed by atoms with Crippen molar-refractivity contribution < 1.29 is 13.2 Å². The predicted molar refractivity (Wildman–Crippen MR) is 135 cm³/mol. The second-order valence-corrected chi connectivity index (χ2v) is 10.4. The minimum atomic E-state index is -3.91. The van der Waals surface area contributed by atoms with E-state index in [1.807, 2.05) is 0 Å². The van der Waals surface area contributed by atoms with Crippen LogP contribution in [0.4, 0.5) is 5.69 Å². The van der Waals surface area contributed by atoms with Crippen molar-refractivity contribution in [2.75, 3.05) is 11.1 Å². The van der Waals surface area contributed by atoms with Gasteiger partial charge in [0.1, 0.15) is 0 Å². The van der Waals surface area contributed by atoms with Gasteiger partial charge in [0.25, 0.3) is 5.56 Å². The maximum Gasteiger partial charge on any atom is 0.266 e. The summed E-state index contributed by atoms with van der Waals surface area (Å²) >= 11 is 13.2. The van der Waals surface area contributed by atoms with E-state index in [1.54, 1.807) is 42.5 Å². The van der Waals surface area contributed by atoms with E-state index in [1.165, 1.54) is 28.8 Å². The number of aromatic nitrogens is 2. The molecule has 0 radical (unpaired) electrons. The molecule has 0 saturated heterocycles. The van der Waals surface area contributed by atoms with E-state index in [9.17, 15) is 18.0 Å². The van der Waals surface area contributed by atoms with E-state index in [0.717, 1.165) is 11.8 Å². The van der Waals surface area contributed by atoms with Gasteiger partial charge >= 0.3 is 0 Å². The minimum Gasteiger partial charge on any atom is -0.325 e. The van der Waals surface area contributed by atoms with Crippen molar-refractivity contribution in [2.45, 2.75) is 10.1 Å². The van der Waals surface area contributed by atoms with E-state index in [4.69, 9.17) is 28.3 Å². The number of sulfonamides is 1. The van der Waals surface area contributed by atoms with E-state index >= 15 is 0 Å². The number of nitrogens with two attached hydrogens (primary N) is 1. The summed E-state index contributed by atoms with van der Waals surface area (Å²) in [4.78, 5) is 30.3. The Balaban J connectivity index is 1.66. The number of para-hydroxylation sites is 1. The summed E-state index contributed by atoms with van der Waals surface area (Å²) in [6.07, 6.45) is 0. The number of thioether (sulfide) groups is 1. The molecule has 1 heterocycles. The van der Waals surface area contributed by atoms with Gasteiger partial charge in [0.05, 0.1) is 37.3 Å². The number of nitrogens with one attached hydrogen (secondary N) is 1. The lowest BCUT2D eigenvalue weighted by atomic mass is 10.2. The van der Waals surface area contributed by atoms with Crippen molar-refractivity contribution in [1.29, 1.82) is 0 Å². The Morgan fingerprint density at radius 3 is 2.53 bits per heavy atom. The van der Waals surface area contributed by atoms with E-state index < -0.39 is 15.9 Å². The molecule has 1 amide bonds. The van der Waals surface area contributed by atoms with Gasteiger partial charge in [-0.15, -0.1) is 0 Å². The number of amides is 1. The molecule has 4 rings (SSSR count). The molecule has 0 fully saturated rings. The van der Waals surface area contributed by atoms with Gasteiger partial charge in [0.15, 0.2) is 5.16 Å². The van der Waals surface area contributed by atoms with Crippen molar-refractivity contribution in [1.82, 2.24) is 9.55 Å². The first kappa shape index (κ1) is 24.2. The number of fused-ring (bicyclic) bond motifs is 1. The second-order valence-electron chi connectivity index (χ2n) is 7.06. The van der Waals surface area contributed by atoms with Gasteiger partial charge in [0, 0.05) is 5.69 Å². The van der Waals surface area contributed by atoms with E-state index in [0.29, 0.717) is 21.6 Å². The summed E-state index contributed by atoms with van der Waals surface area (Å²) in [6, 6.07) is 17.2. The maximum atomic E-state index is 13.3. The standard InChI is InChI=1S/C22H16Cl2N4O4S2/c23-17-9-8-14(11-18(17)24)28-21(30)16-6-1-2-7-19(16)27-22(28)33-12-20(29)26-13-4-3-5-15(10-13)34(25,31)32/h1-11H,12H2,(H,26,29)(H2,25,31,32). The lowest BCUT2D eigenvalue weighted by molar-refractivity contribution is -0.113. The summed E-state index contributed by atoms with van der Waals surface area (Å²) in [5.74, 6) is -0.536. The van der Waals surface area contributed by atoms with E-state index in [2.05, 4.69) is 10.3 Å². The third-order valence-corrected chi connectivity index (χ3v) is 7.27. The predicted octanol–water partition coefficient (Wildman–Crippen LogP) is 4.07. The van der Waals surface area contributed by atoms with Crippen molar-refractivity contribution in [3.63, 3.8) is 0 Å². The van der Waals surface area contributed by atoms with Crippen molar-refractivity contribution in [3.8, 4) is 5.69 Å². The van der Waals surface area contributed by atoms with Crippen molar-refractivity contribution >= 4 is 67.5 Å². The highest BCUT2D eigenvalue weighted by Crippen LogP contribution is 2.27. The number of nitrogens with zero attached hydrogens (tertiary/aromatic N) is 2. The van der Waals surface area contributed by atoms with Crippen LogP contribution in [0.3, 0.4) is 0 Å². The molecule has 0 atom stereocenters. The fourth-order valence-corrected chi connectivity index (χ4v) is 4.80. The molecule has 0 spiro atoms. The molecular formula is C22H16Cl2N4O4S2. The molecule has 0 aliphatic carbocycles. The van der Waals surface area contributed by atoms with Gasteiger partial charge in [-0.2, -0.15) is 0 Å². The maximum absolute atomic E-state index is 13.3. The molecule has 0 saturated carbocycles. The summed E-state index contributed by atoms with van der Waals surface area (Å²) in [5.41, 5.74) is 0.868. The van der Waals surface area contributed by atoms with Gasteiger partial charge in [-0.05, 0) is 48.5 Å². The summed E-state index contributed by atoms with van der Waals surface area (Å²) in [7, 11) is -3.91. The molecule has 4 aromatic rings. The van der Waals surface area contributed by atoms with Crippen LogP contribution >= 0.6 is 35.0 Å². The number of hydrogen-bond acceptors (Lipinski definition) is 6. The number of carbonyl (C=O) groups is 1. The SMILES string of the molecule is NS(=O)(=O)c1cccc(NC(=O)CSc2nc3ccccc3c(=O)n2-c2ccc(Cl)c(Cl)c2)c1. The molecule has 0 aliphatic rings. The lowest BCUT2D eigenvalue weighted by Gasteiger charge is -2.14. The molecule has 34 heavy (non-hydrogen) atoms. The highest BCUT2D eigenvalue weighted by Gasteiger charge is 2.16. The zero-order valence-corrected chi connectivity index (χ0v) is 20.4. The van der Waals surface area contributed by atoms with Crippen LogP contribution < -0.4 is 16.0 Å². The van der Waals surface area contributed by atoms with Gasteiger partial charge in [-0.1, -0.05) is 53.2 Å². The van der Waals surface area contributed by atoms with Crippen LogP contribution in [0.2, 0.25) is 10.0 Å². The molecule has 12 heteroatoms. The van der Waals surface area contributed by atoms with Crippen molar-refractivity contribution in [2.24, 2.45) is 5.14 Å². The first-order chi connectivity index (χ1) is 16.1. The van der Waals surface area contributed by atoms with Crippen LogP contribution in [-0.2, 0) is 14.8 Å². The first-order valence-corrected chi connectivity index (χ1v) is 12.9. The summed E-state index contributed by atoms with van der Waals surface area (Å²) < 4.78 is 24.4. The Morgan fingerprint density at radius 2 is 1.79 bits per heavy atom. The number of benzene rings is 3. The Bertz CT molecular complexity index is 1590. The zero-order valence-electron chi connectivity index (χ0n) is 17.2. The number of anilines is 1. The number of primary sulfonamides is 1. The van der Waals surface area contributed by atoms with Crippen LogP contribution in [0.1, 0.15) is 0 Å². The Labute approximate surface area is 208 Å². The normalized spacial score (nSPS) is 11.5. The average molecular weight is 535 g/mol. The fourth-order valence-electron chi connectivity index (χ4n) is 3.14. The smallest absolute Gasteiger partial charge is 0.266 e. The van der Waals surface area contributed by atoms with Crippen LogP contribution in [0, 0.1) is 0 Å². The molecule has 174 valence electrons. The van der Waals surface area contributed by atoms with Gasteiger partial charge in [-0.25, -0.2) is 18.5 Å². The monoisotopic (exact) mass is 534 g/mol. The number of halogens is 2. The Kier molecular flexibility index (Phi) is 6.96. The fraction of sp³-hybridized carbons (Fsp3) is 0.0455. The minimum absolute atomic E-state index is 0.105. The molecule has 0 bridgehead atoms. The largest absolute Gasteiger partial charge is 0.325 e. The topological polar surface area (TPSA) is 124 Å². The Morgan fingerprint density at radius 1 is 1.03 bits per heavy atom.